The van der Waals surface area contributed by atoms with E-state index in [1.54, 1.807) is 0 Å². The molecular formula is C18H28N2O3. The van der Waals surface area contributed by atoms with Crippen molar-refractivity contribution in [3.05, 3.63) is 23.5 Å². The molecular weight excluding hydrogens is 292 g/mol. The van der Waals surface area contributed by atoms with Crippen LogP contribution in [0.15, 0.2) is 12.3 Å². The maximum Gasteiger partial charge on any atom is 0.293 e. The monoisotopic (exact) mass is 320 g/mol. The molecule has 0 radical (unpaired) electrons. The topological polar surface area (TPSA) is 71.5 Å². The number of ether oxygens (including phenoxy) is 1. The second-order valence-electron chi connectivity index (χ2n) is 8.00. The van der Waals surface area contributed by atoms with Gasteiger partial charge in [0.25, 0.3) is 6.47 Å². The number of carbonyl (C=O) groups excluding carboxylic acids is 1. The number of pyridine rings is 1. The van der Waals surface area contributed by atoms with E-state index < -0.39 is 0 Å². The molecule has 1 aromatic heterocycles. The fraction of sp³-hybridized carbons (Fsp3) is 0.667. The van der Waals surface area contributed by atoms with Crippen LogP contribution in [-0.2, 0) is 14.9 Å². The lowest BCUT2D eigenvalue weighted by Crippen LogP contribution is -2.19. The summed E-state index contributed by atoms with van der Waals surface area (Å²) in [6.45, 7) is 11.3. The third-order valence-electron chi connectivity index (χ3n) is 4.15. The number of carbonyl (C=O) groups is 1. The van der Waals surface area contributed by atoms with Crippen molar-refractivity contribution in [2.75, 3.05) is 11.9 Å². The van der Waals surface area contributed by atoms with Crippen LogP contribution in [-0.4, -0.2) is 28.7 Å². The van der Waals surface area contributed by atoms with Crippen LogP contribution in [0.25, 0.3) is 0 Å². The summed E-state index contributed by atoms with van der Waals surface area (Å²) in [6.07, 6.45) is 3.84. The summed E-state index contributed by atoms with van der Waals surface area (Å²) in [5.41, 5.74) is 3.08. The predicted molar refractivity (Wildman–Crippen MR) is 90.3 cm³/mol. The van der Waals surface area contributed by atoms with Gasteiger partial charge in [0.15, 0.2) is 0 Å². The van der Waals surface area contributed by atoms with Crippen LogP contribution in [0.4, 0.5) is 5.69 Å². The van der Waals surface area contributed by atoms with Gasteiger partial charge in [0.2, 0.25) is 0 Å². The van der Waals surface area contributed by atoms with Crippen molar-refractivity contribution in [1.82, 2.24) is 4.98 Å². The smallest absolute Gasteiger partial charge is 0.293 e. The second kappa shape index (κ2) is 6.48. The molecule has 0 aromatic carbocycles. The molecule has 1 saturated carbocycles. The highest BCUT2D eigenvalue weighted by molar-refractivity contribution is 5.59. The van der Waals surface area contributed by atoms with E-state index >= 15 is 0 Å². The summed E-state index contributed by atoms with van der Waals surface area (Å²) in [4.78, 5) is 14.0. The molecule has 23 heavy (non-hydrogen) atoms. The van der Waals surface area contributed by atoms with Crippen molar-refractivity contribution >= 4 is 12.2 Å². The van der Waals surface area contributed by atoms with Crippen molar-refractivity contribution < 1.29 is 14.6 Å². The van der Waals surface area contributed by atoms with Gasteiger partial charge in [-0.1, -0.05) is 13.8 Å². The number of hydrogen-bond donors (Lipinski definition) is 2. The number of aromatic nitrogens is 1. The lowest BCUT2D eigenvalue weighted by molar-refractivity contribution is -0.138. The van der Waals surface area contributed by atoms with Crippen LogP contribution < -0.4 is 5.32 Å². The van der Waals surface area contributed by atoms with Gasteiger partial charge in [-0.2, -0.15) is 0 Å². The van der Waals surface area contributed by atoms with E-state index in [4.69, 9.17) is 0 Å². The van der Waals surface area contributed by atoms with Gasteiger partial charge < -0.3 is 15.2 Å². The maximum absolute atomic E-state index is 10.0. The summed E-state index contributed by atoms with van der Waals surface area (Å²) in [6, 6.07) is 2.02. The Morgan fingerprint density at radius 3 is 2.57 bits per heavy atom. The number of rotatable bonds is 3. The van der Waals surface area contributed by atoms with Crippen molar-refractivity contribution in [2.24, 2.45) is 5.92 Å². The Bertz CT molecular complexity index is 560. The lowest BCUT2D eigenvalue weighted by atomic mass is 9.88. The van der Waals surface area contributed by atoms with Crippen molar-refractivity contribution in [3.8, 4) is 0 Å². The highest BCUT2D eigenvalue weighted by atomic mass is 16.5. The SMILES string of the molecule is CC(C)(C)OC=O.CC1(C)CNc2cc(C(O)C3CC3)ncc21. The fourth-order valence-corrected chi connectivity index (χ4v) is 2.53. The summed E-state index contributed by atoms with van der Waals surface area (Å²) in [5, 5.41) is 13.4. The molecule has 0 bridgehead atoms. The highest BCUT2D eigenvalue weighted by Crippen LogP contribution is 2.42. The van der Waals surface area contributed by atoms with Crippen molar-refractivity contribution in [1.29, 1.82) is 0 Å². The molecule has 1 aliphatic carbocycles. The molecule has 0 amide bonds. The Kier molecular flexibility index (Phi) is 4.99. The third kappa shape index (κ3) is 4.67. The second-order valence-corrected chi connectivity index (χ2v) is 8.00. The van der Waals surface area contributed by atoms with Crippen molar-refractivity contribution in [2.45, 2.75) is 64.6 Å². The van der Waals surface area contributed by atoms with E-state index in [-0.39, 0.29) is 17.1 Å². The zero-order valence-corrected chi connectivity index (χ0v) is 14.7. The molecule has 1 aromatic rings. The number of hydrogen-bond acceptors (Lipinski definition) is 5. The van der Waals surface area contributed by atoms with E-state index in [0.717, 1.165) is 30.8 Å². The number of anilines is 1. The first-order chi connectivity index (χ1) is 10.6. The van der Waals surface area contributed by atoms with Gasteiger partial charge in [-0.25, -0.2) is 0 Å². The zero-order chi connectivity index (χ0) is 17.3. The molecule has 5 heteroatoms. The quantitative estimate of drug-likeness (QED) is 0.837. The highest BCUT2D eigenvalue weighted by Gasteiger charge is 2.34. The van der Waals surface area contributed by atoms with Crippen molar-refractivity contribution in [3.63, 3.8) is 0 Å². The Labute approximate surface area is 138 Å². The molecule has 1 unspecified atom stereocenters. The normalized spacial score (nSPS) is 19.7. The average Bonchev–Trinajstić information content (AvgIpc) is 3.24. The lowest BCUT2D eigenvalue weighted by Gasteiger charge is -2.17. The number of fused-ring (bicyclic) bond motifs is 1. The van der Waals surface area contributed by atoms with E-state index in [1.165, 1.54) is 5.56 Å². The van der Waals surface area contributed by atoms with E-state index in [0.29, 0.717) is 12.4 Å². The minimum absolute atomic E-state index is 0.158. The first-order valence-corrected chi connectivity index (χ1v) is 8.18. The van der Waals surface area contributed by atoms with Crippen LogP contribution in [0.5, 0.6) is 0 Å². The van der Waals surface area contributed by atoms with Gasteiger partial charge in [-0.15, -0.1) is 0 Å². The Hall–Kier alpha value is -1.62. The first-order valence-electron chi connectivity index (χ1n) is 8.18. The molecule has 3 rings (SSSR count). The molecule has 5 nitrogen and oxygen atoms in total. The minimum Gasteiger partial charge on any atom is -0.462 e. The van der Waals surface area contributed by atoms with Gasteiger partial charge in [0.1, 0.15) is 5.60 Å². The van der Waals surface area contributed by atoms with Gasteiger partial charge in [-0.3, -0.25) is 9.78 Å². The van der Waals surface area contributed by atoms with Gasteiger partial charge in [0, 0.05) is 29.4 Å². The standard InChI is InChI=1S/C13H18N2O.C5H10O2/c1-13(2)7-15-10-5-11(14-6-9(10)13)12(16)8-3-4-8;1-5(2,3)7-4-6/h5-6,8,12,15-16H,3-4,7H2,1-2H3;4H,1-3H3. The molecule has 2 heterocycles. The molecule has 2 N–H and O–H groups in total. The van der Waals surface area contributed by atoms with E-state index in [9.17, 15) is 9.90 Å². The van der Waals surface area contributed by atoms with Crippen LogP contribution in [0, 0.1) is 5.92 Å². The average molecular weight is 320 g/mol. The zero-order valence-electron chi connectivity index (χ0n) is 14.7. The van der Waals surface area contributed by atoms with Crippen LogP contribution in [0.3, 0.4) is 0 Å². The third-order valence-corrected chi connectivity index (χ3v) is 4.15. The van der Waals surface area contributed by atoms with E-state index in [1.807, 2.05) is 33.0 Å². The number of nitrogens with zero attached hydrogens (tertiary/aromatic N) is 1. The fourth-order valence-electron chi connectivity index (χ4n) is 2.53. The molecule has 1 aliphatic heterocycles. The van der Waals surface area contributed by atoms with Crippen LogP contribution in [0.1, 0.15) is 64.8 Å². The van der Waals surface area contributed by atoms with Gasteiger partial charge >= 0.3 is 0 Å². The van der Waals surface area contributed by atoms with Gasteiger partial charge in [-0.05, 0) is 45.6 Å². The Balaban J connectivity index is 0.000000236. The van der Waals surface area contributed by atoms with Crippen LogP contribution >= 0.6 is 0 Å². The summed E-state index contributed by atoms with van der Waals surface area (Å²) in [7, 11) is 0. The Morgan fingerprint density at radius 2 is 2.09 bits per heavy atom. The predicted octanol–water partition coefficient (Wildman–Crippen LogP) is 3.19. The number of aliphatic hydroxyl groups is 1. The largest absolute Gasteiger partial charge is 0.462 e. The molecule has 1 fully saturated rings. The Morgan fingerprint density at radius 1 is 1.43 bits per heavy atom. The molecule has 0 saturated heterocycles. The molecule has 2 aliphatic rings. The number of nitrogens with one attached hydrogen (secondary N) is 1. The molecule has 1 atom stereocenters. The van der Waals surface area contributed by atoms with E-state index in [2.05, 4.69) is 28.9 Å². The van der Waals surface area contributed by atoms with Gasteiger partial charge in [0.05, 0.1) is 11.8 Å². The molecule has 128 valence electrons. The summed E-state index contributed by atoms with van der Waals surface area (Å²) < 4.78 is 4.55. The number of aliphatic hydroxyl groups excluding tert-OH is 1. The molecule has 0 spiro atoms. The first kappa shape index (κ1) is 17.7. The maximum atomic E-state index is 10.0. The van der Waals surface area contributed by atoms with Crippen LogP contribution in [0.2, 0.25) is 0 Å². The summed E-state index contributed by atoms with van der Waals surface area (Å²) in [5.74, 6) is 0.444. The minimum atomic E-state index is -0.365. The summed E-state index contributed by atoms with van der Waals surface area (Å²) >= 11 is 0.